The number of hydrogen-bond acceptors (Lipinski definition) is 2. The fourth-order valence-electron chi connectivity index (χ4n) is 1.35. The zero-order chi connectivity index (χ0) is 12.8. The average molecular weight is 300 g/mol. The SMILES string of the molecule is CC(C)OCC(=O)N(C)Cc1cccc(Br)c1. The first-order valence-corrected chi connectivity index (χ1v) is 6.38. The topological polar surface area (TPSA) is 29.5 Å². The highest BCUT2D eigenvalue weighted by molar-refractivity contribution is 9.10. The third-order valence-corrected chi connectivity index (χ3v) is 2.77. The van der Waals surface area contributed by atoms with Gasteiger partial charge >= 0.3 is 0 Å². The summed E-state index contributed by atoms with van der Waals surface area (Å²) in [6.07, 6.45) is 0.0817. The second-order valence-corrected chi connectivity index (χ2v) is 5.16. The van der Waals surface area contributed by atoms with Crippen molar-refractivity contribution in [2.45, 2.75) is 26.5 Å². The van der Waals surface area contributed by atoms with Gasteiger partial charge in [0.25, 0.3) is 0 Å². The molecule has 0 bridgehead atoms. The molecule has 0 aromatic heterocycles. The van der Waals surface area contributed by atoms with Gasteiger partial charge in [-0.05, 0) is 31.5 Å². The highest BCUT2D eigenvalue weighted by atomic mass is 79.9. The van der Waals surface area contributed by atoms with E-state index in [1.807, 2.05) is 38.1 Å². The second-order valence-electron chi connectivity index (χ2n) is 4.24. The van der Waals surface area contributed by atoms with Gasteiger partial charge in [-0.3, -0.25) is 4.79 Å². The summed E-state index contributed by atoms with van der Waals surface area (Å²) in [7, 11) is 1.78. The van der Waals surface area contributed by atoms with Gasteiger partial charge in [0.05, 0.1) is 6.10 Å². The highest BCUT2D eigenvalue weighted by Gasteiger charge is 2.10. The van der Waals surface area contributed by atoms with Crippen molar-refractivity contribution in [3.8, 4) is 0 Å². The Hall–Kier alpha value is -0.870. The third kappa shape index (κ3) is 5.33. The molecule has 0 N–H and O–H groups in total. The van der Waals surface area contributed by atoms with Gasteiger partial charge in [0.2, 0.25) is 5.91 Å². The number of hydrogen-bond donors (Lipinski definition) is 0. The molecule has 0 aliphatic heterocycles. The van der Waals surface area contributed by atoms with E-state index in [0.717, 1.165) is 10.0 Å². The van der Waals surface area contributed by atoms with E-state index in [9.17, 15) is 4.79 Å². The summed E-state index contributed by atoms with van der Waals surface area (Å²) in [4.78, 5) is 13.4. The van der Waals surface area contributed by atoms with Crippen molar-refractivity contribution in [2.24, 2.45) is 0 Å². The van der Waals surface area contributed by atoms with Crippen LogP contribution in [0, 0.1) is 0 Å². The minimum absolute atomic E-state index is 0.00123. The zero-order valence-corrected chi connectivity index (χ0v) is 12.0. The van der Waals surface area contributed by atoms with Crippen LogP contribution in [-0.4, -0.2) is 30.6 Å². The molecule has 0 aliphatic rings. The third-order valence-electron chi connectivity index (χ3n) is 2.27. The zero-order valence-electron chi connectivity index (χ0n) is 10.4. The summed E-state index contributed by atoms with van der Waals surface area (Å²) in [6.45, 7) is 4.57. The molecule has 4 heteroatoms. The van der Waals surface area contributed by atoms with Crippen molar-refractivity contribution >= 4 is 21.8 Å². The van der Waals surface area contributed by atoms with Crippen LogP contribution in [0.4, 0.5) is 0 Å². The predicted molar refractivity (Wildman–Crippen MR) is 71.7 cm³/mol. The summed E-state index contributed by atoms with van der Waals surface area (Å²) in [6, 6.07) is 7.93. The molecule has 0 spiro atoms. The highest BCUT2D eigenvalue weighted by Crippen LogP contribution is 2.13. The molecule has 0 atom stereocenters. The summed E-state index contributed by atoms with van der Waals surface area (Å²) in [5, 5.41) is 0. The van der Waals surface area contributed by atoms with E-state index >= 15 is 0 Å². The van der Waals surface area contributed by atoms with Crippen LogP contribution in [0.25, 0.3) is 0 Å². The first kappa shape index (κ1) is 14.2. The van der Waals surface area contributed by atoms with Crippen LogP contribution in [0.5, 0.6) is 0 Å². The Morgan fingerprint density at radius 1 is 1.47 bits per heavy atom. The van der Waals surface area contributed by atoms with Crippen LogP contribution >= 0.6 is 15.9 Å². The van der Waals surface area contributed by atoms with Gasteiger partial charge in [-0.1, -0.05) is 28.1 Å². The first-order valence-electron chi connectivity index (χ1n) is 5.59. The van der Waals surface area contributed by atoms with Crippen molar-refractivity contribution in [3.05, 3.63) is 34.3 Å². The minimum atomic E-state index is -0.00123. The molecule has 0 saturated carbocycles. The maximum atomic E-state index is 11.7. The maximum absolute atomic E-state index is 11.7. The monoisotopic (exact) mass is 299 g/mol. The van der Waals surface area contributed by atoms with Gasteiger partial charge in [0.1, 0.15) is 6.61 Å². The lowest BCUT2D eigenvalue weighted by atomic mass is 10.2. The molecule has 94 valence electrons. The maximum Gasteiger partial charge on any atom is 0.248 e. The van der Waals surface area contributed by atoms with Crippen LogP contribution in [0.1, 0.15) is 19.4 Å². The van der Waals surface area contributed by atoms with E-state index in [4.69, 9.17) is 4.74 Å². The molecule has 17 heavy (non-hydrogen) atoms. The Kier molecular flexibility index (Phi) is 5.65. The minimum Gasteiger partial charge on any atom is -0.369 e. The Labute approximate surface area is 111 Å². The molecule has 0 fully saturated rings. The molecule has 1 amide bonds. The van der Waals surface area contributed by atoms with Crippen LogP contribution in [-0.2, 0) is 16.1 Å². The van der Waals surface area contributed by atoms with E-state index in [1.165, 1.54) is 0 Å². The molecule has 3 nitrogen and oxygen atoms in total. The Morgan fingerprint density at radius 3 is 2.76 bits per heavy atom. The number of likely N-dealkylation sites (N-methyl/N-ethyl adjacent to an activating group) is 1. The molecular formula is C13H18BrNO2. The molecule has 1 rings (SSSR count). The lowest BCUT2D eigenvalue weighted by Crippen LogP contribution is -2.30. The number of rotatable bonds is 5. The van der Waals surface area contributed by atoms with Crippen LogP contribution < -0.4 is 0 Å². The number of nitrogens with zero attached hydrogens (tertiary/aromatic N) is 1. The van der Waals surface area contributed by atoms with E-state index in [2.05, 4.69) is 15.9 Å². The Morgan fingerprint density at radius 2 is 2.18 bits per heavy atom. The quantitative estimate of drug-likeness (QED) is 0.837. The van der Waals surface area contributed by atoms with E-state index < -0.39 is 0 Å². The number of benzene rings is 1. The summed E-state index contributed by atoms with van der Waals surface area (Å²) in [5.74, 6) is -0.00123. The average Bonchev–Trinajstić information content (AvgIpc) is 2.25. The van der Waals surface area contributed by atoms with Crippen molar-refractivity contribution < 1.29 is 9.53 Å². The van der Waals surface area contributed by atoms with Gasteiger partial charge in [0.15, 0.2) is 0 Å². The lowest BCUT2D eigenvalue weighted by molar-refractivity contribution is -0.136. The normalized spacial score (nSPS) is 10.6. The van der Waals surface area contributed by atoms with Crippen LogP contribution in [0.3, 0.4) is 0 Å². The Bertz CT molecular complexity index is 379. The molecule has 0 saturated heterocycles. The van der Waals surface area contributed by atoms with Gasteiger partial charge in [-0.25, -0.2) is 0 Å². The first-order chi connectivity index (χ1) is 7.99. The number of ether oxygens (including phenoxy) is 1. The molecule has 1 aromatic carbocycles. The smallest absolute Gasteiger partial charge is 0.248 e. The molecule has 1 aromatic rings. The molecular weight excluding hydrogens is 282 g/mol. The summed E-state index contributed by atoms with van der Waals surface area (Å²) < 4.78 is 6.31. The van der Waals surface area contributed by atoms with Crippen LogP contribution in [0.15, 0.2) is 28.7 Å². The molecule has 0 unspecified atom stereocenters. The fraction of sp³-hybridized carbons (Fsp3) is 0.462. The van der Waals surface area contributed by atoms with E-state index in [0.29, 0.717) is 6.54 Å². The van der Waals surface area contributed by atoms with Gasteiger partial charge in [-0.15, -0.1) is 0 Å². The number of carbonyl (C=O) groups excluding carboxylic acids is 1. The van der Waals surface area contributed by atoms with Gasteiger partial charge in [-0.2, -0.15) is 0 Å². The van der Waals surface area contributed by atoms with E-state index in [1.54, 1.807) is 11.9 Å². The fourth-order valence-corrected chi connectivity index (χ4v) is 1.79. The van der Waals surface area contributed by atoms with Crippen molar-refractivity contribution in [2.75, 3.05) is 13.7 Å². The Balaban J connectivity index is 2.48. The number of amides is 1. The van der Waals surface area contributed by atoms with Gasteiger partial charge in [0, 0.05) is 18.1 Å². The summed E-state index contributed by atoms with van der Waals surface area (Å²) >= 11 is 3.41. The van der Waals surface area contributed by atoms with Crippen molar-refractivity contribution in [1.29, 1.82) is 0 Å². The summed E-state index contributed by atoms with van der Waals surface area (Å²) in [5.41, 5.74) is 1.10. The predicted octanol–water partition coefficient (Wildman–Crippen LogP) is 2.83. The van der Waals surface area contributed by atoms with Crippen molar-refractivity contribution in [1.82, 2.24) is 4.90 Å². The standard InChI is InChI=1S/C13H18BrNO2/c1-10(2)17-9-13(16)15(3)8-11-5-4-6-12(14)7-11/h4-7,10H,8-9H2,1-3H3. The largest absolute Gasteiger partial charge is 0.369 e. The number of halogens is 1. The van der Waals surface area contributed by atoms with Gasteiger partial charge < -0.3 is 9.64 Å². The van der Waals surface area contributed by atoms with Crippen LogP contribution in [0.2, 0.25) is 0 Å². The van der Waals surface area contributed by atoms with E-state index in [-0.39, 0.29) is 18.6 Å². The molecule has 0 radical (unpaired) electrons. The lowest BCUT2D eigenvalue weighted by Gasteiger charge is -2.18. The second kappa shape index (κ2) is 6.77. The molecule has 0 heterocycles. The number of carbonyl (C=O) groups is 1. The molecule has 0 aliphatic carbocycles. The van der Waals surface area contributed by atoms with Crippen molar-refractivity contribution in [3.63, 3.8) is 0 Å².